The van der Waals surface area contributed by atoms with Crippen LogP contribution in [0.1, 0.15) is 42.0 Å². The quantitative estimate of drug-likeness (QED) is 0.339. The van der Waals surface area contributed by atoms with Crippen molar-refractivity contribution >= 4 is 11.5 Å². The van der Waals surface area contributed by atoms with Crippen LogP contribution in [0.2, 0.25) is 0 Å². The molecule has 0 aliphatic carbocycles. The summed E-state index contributed by atoms with van der Waals surface area (Å²) in [7, 11) is 0. The van der Waals surface area contributed by atoms with E-state index in [0.717, 1.165) is 37.3 Å². The van der Waals surface area contributed by atoms with Gasteiger partial charge in [0.05, 0.1) is 33.0 Å². The summed E-state index contributed by atoms with van der Waals surface area (Å²) in [5.41, 5.74) is 1.49. The Kier molecular flexibility index (Phi) is 6.80. The van der Waals surface area contributed by atoms with Crippen LogP contribution in [-0.2, 0) is 0 Å². The Morgan fingerprint density at radius 2 is 1.87 bits per heavy atom. The van der Waals surface area contributed by atoms with Gasteiger partial charge in [0.2, 0.25) is 5.88 Å². The summed E-state index contributed by atoms with van der Waals surface area (Å²) in [6.45, 7) is 4.53. The molecule has 1 fully saturated rings. The molecule has 0 aromatic carbocycles. The number of nitriles is 1. The van der Waals surface area contributed by atoms with Crippen molar-refractivity contribution in [1.82, 2.24) is 19.4 Å². The molecule has 5 heterocycles. The van der Waals surface area contributed by atoms with E-state index in [4.69, 9.17) is 21.9 Å². The Balaban J connectivity index is 1.25. The molecule has 1 N–H and O–H groups in total. The van der Waals surface area contributed by atoms with E-state index in [9.17, 15) is 10.4 Å². The maximum absolute atomic E-state index is 10.1. The number of aliphatic hydroxyl groups is 1. The van der Waals surface area contributed by atoms with Crippen LogP contribution in [0, 0.1) is 11.3 Å². The Morgan fingerprint density at radius 3 is 2.51 bits per heavy atom. The lowest BCUT2D eigenvalue weighted by atomic mass is 10.1. The fourth-order valence-electron chi connectivity index (χ4n) is 4.45. The van der Waals surface area contributed by atoms with Crippen LogP contribution < -0.4 is 19.1 Å². The number of pyridine rings is 3. The molecule has 0 bridgehead atoms. The molecule has 10 nitrogen and oxygen atoms in total. The number of imidazole rings is 1. The van der Waals surface area contributed by atoms with Crippen molar-refractivity contribution < 1.29 is 22.1 Å². The average Bonchev–Trinajstić information content (AvgIpc) is 3.35. The predicted molar refractivity (Wildman–Crippen MR) is 146 cm³/mol. The van der Waals surface area contributed by atoms with Crippen molar-refractivity contribution in [2.75, 3.05) is 31.2 Å². The van der Waals surface area contributed by atoms with Crippen LogP contribution in [0.4, 0.5) is 5.82 Å². The van der Waals surface area contributed by atoms with Gasteiger partial charge in [0, 0.05) is 55.9 Å². The predicted octanol–water partition coefficient (Wildman–Crippen LogP) is 4.26. The molecule has 0 spiro atoms. The van der Waals surface area contributed by atoms with Gasteiger partial charge in [-0.3, -0.25) is 4.40 Å². The van der Waals surface area contributed by atoms with Crippen molar-refractivity contribution in [3.8, 4) is 34.7 Å². The fraction of sp³-hybridized carbons (Fsp3) is 0.379. The summed E-state index contributed by atoms with van der Waals surface area (Å²) < 4.78 is 33.8. The first-order chi connectivity index (χ1) is 19.5. The second kappa shape index (κ2) is 11.2. The third-order valence-electron chi connectivity index (χ3n) is 6.32. The summed E-state index contributed by atoms with van der Waals surface area (Å²) in [4.78, 5) is 15.4. The first kappa shape index (κ1) is 23.7. The van der Waals surface area contributed by atoms with Gasteiger partial charge in [0.25, 0.3) is 0 Å². The van der Waals surface area contributed by atoms with Crippen LogP contribution in [0.5, 0.6) is 17.4 Å². The SMILES string of the molecule is [2H]C([2H])(C)Oc1ccc(OC2CCN(c3ccc(-c4cc(OCC(C)(C)O)cc5ncc(C#N)n45)cn3)CC2)cn1. The topological polar surface area (TPSA) is 118 Å². The molecular formula is C29H32N6O4. The Bertz CT molecular complexity index is 1530. The molecule has 39 heavy (non-hydrogen) atoms. The lowest BCUT2D eigenvalue weighted by Gasteiger charge is -2.33. The number of nitrogens with zero attached hydrogens (tertiary/aromatic N) is 6. The monoisotopic (exact) mass is 530 g/mol. The van der Waals surface area contributed by atoms with Crippen molar-refractivity contribution in [3.63, 3.8) is 0 Å². The van der Waals surface area contributed by atoms with E-state index in [-0.39, 0.29) is 18.6 Å². The minimum atomic E-state index is -1.80. The van der Waals surface area contributed by atoms with Crippen molar-refractivity contribution in [1.29, 1.82) is 5.26 Å². The van der Waals surface area contributed by atoms with Crippen molar-refractivity contribution in [2.45, 2.75) is 45.3 Å². The minimum absolute atomic E-state index is 0.0299. The lowest BCUT2D eigenvalue weighted by Crippen LogP contribution is -2.38. The summed E-state index contributed by atoms with van der Waals surface area (Å²) in [6, 6.07) is 13.0. The Hall–Kier alpha value is -4.36. The number of anilines is 1. The van der Waals surface area contributed by atoms with E-state index in [1.165, 1.54) is 13.1 Å². The zero-order valence-corrected chi connectivity index (χ0v) is 22.2. The highest BCUT2D eigenvalue weighted by atomic mass is 16.5. The number of fused-ring (bicyclic) bond motifs is 1. The van der Waals surface area contributed by atoms with E-state index in [1.807, 2.05) is 18.2 Å². The molecule has 4 aromatic rings. The molecular weight excluding hydrogens is 496 g/mol. The number of hydrogen-bond donors (Lipinski definition) is 1. The van der Waals surface area contributed by atoms with Gasteiger partial charge < -0.3 is 24.2 Å². The number of aromatic nitrogens is 4. The smallest absolute Gasteiger partial charge is 0.213 e. The second-order valence-electron chi connectivity index (χ2n) is 9.97. The molecule has 0 unspecified atom stereocenters. The molecule has 1 aliphatic heterocycles. The fourth-order valence-corrected chi connectivity index (χ4v) is 4.45. The first-order valence-corrected chi connectivity index (χ1v) is 12.8. The average molecular weight is 531 g/mol. The Morgan fingerprint density at radius 1 is 1.05 bits per heavy atom. The van der Waals surface area contributed by atoms with E-state index < -0.39 is 12.2 Å². The largest absolute Gasteiger partial charge is 0.490 e. The summed E-state index contributed by atoms with van der Waals surface area (Å²) in [5, 5.41) is 19.7. The lowest BCUT2D eigenvalue weighted by molar-refractivity contribution is 0.0285. The number of ether oxygens (including phenoxy) is 3. The highest BCUT2D eigenvalue weighted by molar-refractivity contribution is 5.68. The highest BCUT2D eigenvalue weighted by Gasteiger charge is 2.22. The van der Waals surface area contributed by atoms with Crippen LogP contribution in [-0.4, -0.2) is 62.4 Å². The molecule has 1 aliphatic rings. The zero-order chi connectivity index (χ0) is 29.2. The number of piperidine rings is 1. The number of rotatable bonds is 9. The molecule has 0 radical (unpaired) electrons. The van der Waals surface area contributed by atoms with Gasteiger partial charge in [-0.25, -0.2) is 15.0 Å². The van der Waals surface area contributed by atoms with Crippen LogP contribution in [0.15, 0.2) is 55.0 Å². The normalized spacial score (nSPS) is 15.4. The van der Waals surface area contributed by atoms with Crippen LogP contribution >= 0.6 is 0 Å². The molecule has 0 saturated carbocycles. The Labute approximate surface area is 230 Å². The summed E-state index contributed by atoms with van der Waals surface area (Å²) in [5.74, 6) is 2.21. The highest BCUT2D eigenvalue weighted by Crippen LogP contribution is 2.30. The number of hydrogen-bond acceptors (Lipinski definition) is 9. The molecule has 10 heteroatoms. The van der Waals surface area contributed by atoms with E-state index in [0.29, 0.717) is 28.5 Å². The van der Waals surface area contributed by atoms with Gasteiger partial charge in [-0.1, -0.05) is 0 Å². The molecule has 0 atom stereocenters. The second-order valence-corrected chi connectivity index (χ2v) is 9.97. The molecule has 0 amide bonds. The van der Waals surface area contributed by atoms with Crippen molar-refractivity contribution in [3.05, 3.63) is 60.7 Å². The van der Waals surface area contributed by atoms with Gasteiger partial charge in [0.1, 0.15) is 47.4 Å². The van der Waals surface area contributed by atoms with E-state index >= 15 is 0 Å². The minimum Gasteiger partial charge on any atom is -0.490 e. The van der Waals surface area contributed by atoms with Crippen molar-refractivity contribution in [2.24, 2.45) is 0 Å². The van der Waals surface area contributed by atoms with Gasteiger partial charge in [0.15, 0.2) is 0 Å². The van der Waals surface area contributed by atoms with Crippen LogP contribution in [0.3, 0.4) is 0 Å². The van der Waals surface area contributed by atoms with E-state index in [1.54, 1.807) is 48.8 Å². The maximum Gasteiger partial charge on any atom is 0.213 e. The van der Waals surface area contributed by atoms with Crippen LogP contribution in [0.25, 0.3) is 16.9 Å². The maximum atomic E-state index is 10.1. The molecule has 5 rings (SSSR count). The van der Waals surface area contributed by atoms with Gasteiger partial charge in [-0.05, 0) is 39.0 Å². The standard InChI is InChI=1S/C29H32N6O4/c1-4-37-28-8-6-23(18-33-28)39-22-9-11-34(12-10-22)26-7-5-20(16-31-26)25-13-24(38-19-29(2,3)36)14-27-32-17-21(15-30)35(25)27/h5-8,13-14,16-18,22,36H,4,9-12,19H2,1-3H3/i4D2. The van der Waals surface area contributed by atoms with Gasteiger partial charge in [-0.2, -0.15) is 5.26 Å². The summed E-state index contributed by atoms with van der Waals surface area (Å²) >= 11 is 0. The first-order valence-electron chi connectivity index (χ1n) is 13.8. The molecule has 4 aromatic heterocycles. The van der Waals surface area contributed by atoms with Gasteiger partial charge in [-0.15, -0.1) is 0 Å². The third kappa shape index (κ3) is 6.21. The summed E-state index contributed by atoms with van der Waals surface area (Å²) in [6.07, 6.45) is 6.49. The molecule has 202 valence electrons. The van der Waals surface area contributed by atoms with E-state index in [2.05, 4.69) is 20.9 Å². The van der Waals surface area contributed by atoms with Gasteiger partial charge >= 0.3 is 0 Å². The zero-order valence-electron chi connectivity index (χ0n) is 24.2. The molecule has 1 saturated heterocycles. The third-order valence-corrected chi connectivity index (χ3v) is 6.32.